The maximum Gasteiger partial charge on any atom is 0.432 e. The summed E-state index contributed by atoms with van der Waals surface area (Å²) < 4.78 is 56.0. The summed E-state index contributed by atoms with van der Waals surface area (Å²) in [4.78, 5) is 23.5. The molecule has 0 radical (unpaired) electrons. The van der Waals surface area contributed by atoms with Gasteiger partial charge in [-0.05, 0) is 38.7 Å². The molecular formula is C27H33F3O5. The zero-order valence-corrected chi connectivity index (χ0v) is 20.3. The molecule has 0 unspecified atom stereocenters. The summed E-state index contributed by atoms with van der Waals surface area (Å²) in [6.45, 7) is 1.49. The van der Waals surface area contributed by atoms with E-state index in [9.17, 15) is 22.8 Å². The summed E-state index contributed by atoms with van der Waals surface area (Å²) >= 11 is 0. The van der Waals surface area contributed by atoms with Crippen LogP contribution in [0.4, 0.5) is 13.2 Å². The first-order valence-electron chi connectivity index (χ1n) is 11.3. The maximum absolute atomic E-state index is 13.9. The second kappa shape index (κ2) is 15.7. The van der Waals surface area contributed by atoms with E-state index in [-0.39, 0.29) is 11.5 Å². The van der Waals surface area contributed by atoms with E-state index in [4.69, 9.17) is 9.47 Å². The van der Waals surface area contributed by atoms with E-state index in [1.165, 1.54) is 44.4 Å². The number of carbonyl (C=O) groups is 2. The molecule has 0 aliphatic carbocycles. The fourth-order valence-corrected chi connectivity index (χ4v) is 3.09. The average Bonchev–Trinajstić information content (AvgIpc) is 2.82. The molecule has 0 aliphatic rings. The van der Waals surface area contributed by atoms with Crippen molar-refractivity contribution in [1.82, 2.24) is 0 Å². The summed E-state index contributed by atoms with van der Waals surface area (Å²) in [6, 6.07) is 6.71. The average molecular weight is 495 g/mol. The van der Waals surface area contributed by atoms with Crippen molar-refractivity contribution in [3.63, 3.8) is 0 Å². The van der Waals surface area contributed by atoms with E-state index in [0.717, 1.165) is 20.0 Å². The van der Waals surface area contributed by atoms with Gasteiger partial charge in [-0.3, -0.25) is 4.79 Å². The van der Waals surface area contributed by atoms with Crippen LogP contribution in [0.25, 0.3) is 0 Å². The number of methoxy groups -OCH3 is 2. The number of hydrogen-bond donors (Lipinski definition) is 0. The van der Waals surface area contributed by atoms with Crippen LogP contribution in [-0.4, -0.2) is 38.4 Å². The first kappa shape index (κ1) is 29.9. The third-order valence-corrected chi connectivity index (χ3v) is 4.93. The van der Waals surface area contributed by atoms with Gasteiger partial charge in [0.05, 0.1) is 7.11 Å². The minimum Gasteiger partial charge on any atom is -0.469 e. The second-order valence-corrected chi connectivity index (χ2v) is 7.52. The number of halogens is 3. The zero-order valence-electron chi connectivity index (χ0n) is 20.3. The molecule has 0 aliphatic heterocycles. The third-order valence-electron chi connectivity index (χ3n) is 4.93. The van der Waals surface area contributed by atoms with Crippen molar-refractivity contribution in [3.05, 3.63) is 84.5 Å². The lowest BCUT2D eigenvalue weighted by Gasteiger charge is -2.33. The molecule has 1 aromatic carbocycles. The van der Waals surface area contributed by atoms with Crippen molar-refractivity contribution in [2.75, 3.05) is 14.2 Å². The lowest BCUT2D eigenvalue weighted by atomic mass is 9.92. The van der Waals surface area contributed by atoms with Crippen molar-refractivity contribution < 1.29 is 37.0 Å². The van der Waals surface area contributed by atoms with Crippen LogP contribution in [0, 0.1) is 0 Å². The highest BCUT2D eigenvalue weighted by molar-refractivity contribution is 5.83. The van der Waals surface area contributed by atoms with Gasteiger partial charge >= 0.3 is 18.1 Å². The Kier molecular flexibility index (Phi) is 13.4. The molecule has 192 valence electrons. The third kappa shape index (κ3) is 9.94. The summed E-state index contributed by atoms with van der Waals surface area (Å²) in [5.41, 5.74) is -3.54. The number of hydrogen-bond acceptors (Lipinski definition) is 5. The topological polar surface area (TPSA) is 61.8 Å². The molecule has 0 spiro atoms. The van der Waals surface area contributed by atoms with Crippen molar-refractivity contribution in [3.8, 4) is 0 Å². The van der Waals surface area contributed by atoms with Gasteiger partial charge in [0.2, 0.25) is 0 Å². The molecule has 0 amide bonds. The molecular weight excluding hydrogens is 461 g/mol. The van der Waals surface area contributed by atoms with Crippen LogP contribution < -0.4 is 0 Å². The molecule has 1 aromatic rings. The SMILES string of the molecule is COC(=O)CC/C=C\C/C=C\C/C=C\C/C=C\[C@H](C)OC(=O)[C@@](OC)(c1ccccc1)C(F)(F)F. The van der Waals surface area contributed by atoms with E-state index in [1.54, 1.807) is 12.1 Å². The summed E-state index contributed by atoms with van der Waals surface area (Å²) in [6.07, 6.45) is 12.2. The highest BCUT2D eigenvalue weighted by Gasteiger charge is 2.64. The lowest BCUT2D eigenvalue weighted by molar-refractivity contribution is -0.277. The number of alkyl halides is 3. The molecule has 35 heavy (non-hydrogen) atoms. The Bertz CT molecular complexity index is 888. The number of ether oxygens (including phenoxy) is 3. The Hall–Kier alpha value is -3.13. The Morgan fingerprint density at radius 2 is 1.43 bits per heavy atom. The van der Waals surface area contributed by atoms with E-state index in [2.05, 4.69) is 4.74 Å². The van der Waals surface area contributed by atoms with Gasteiger partial charge in [0, 0.05) is 19.1 Å². The van der Waals surface area contributed by atoms with Gasteiger partial charge in [-0.25, -0.2) is 4.79 Å². The molecule has 0 aromatic heterocycles. The van der Waals surface area contributed by atoms with E-state index in [1.807, 2.05) is 36.5 Å². The van der Waals surface area contributed by atoms with Crippen LogP contribution in [-0.2, 0) is 29.4 Å². The predicted octanol–water partition coefficient (Wildman–Crippen LogP) is 6.37. The molecule has 0 heterocycles. The Morgan fingerprint density at radius 1 is 0.886 bits per heavy atom. The van der Waals surface area contributed by atoms with Gasteiger partial charge in [0.15, 0.2) is 0 Å². The van der Waals surface area contributed by atoms with Crippen LogP contribution in [0.5, 0.6) is 0 Å². The summed E-state index contributed by atoms with van der Waals surface area (Å²) in [5, 5.41) is 0. The predicted molar refractivity (Wildman–Crippen MR) is 128 cm³/mol. The summed E-state index contributed by atoms with van der Waals surface area (Å²) in [7, 11) is 2.20. The first-order valence-corrected chi connectivity index (χ1v) is 11.3. The molecule has 0 N–H and O–H groups in total. The number of allylic oxidation sites excluding steroid dienone is 7. The van der Waals surface area contributed by atoms with Crippen molar-refractivity contribution in [2.45, 2.75) is 56.9 Å². The Morgan fingerprint density at radius 3 is 1.94 bits per heavy atom. The Balaban J connectivity index is 2.48. The first-order chi connectivity index (χ1) is 16.7. The minimum absolute atomic E-state index is 0.228. The molecule has 5 nitrogen and oxygen atoms in total. The van der Waals surface area contributed by atoms with Gasteiger partial charge in [-0.2, -0.15) is 13.2 Å². The molecule has 1 rings (SSSR count). The highest BCUT2D eigenvalue weighted by atomic mass is 19.4. The minimum atomic E-state index is -5.00. The van der Waals surface area contributed by atoms with Gasteiger partial charge in [0.1, 0.15) is 6.10 Å². The highest BCUT2D eigenvalue weighted by Crippen LogP contribution is 2.43. The van der Waals surface area contributed by atoms with Crippen molar-refractivity contribution >= 4 is 11.9 Å². The smallest absolute Gasteiger partial charge is 0.432 e. The molecule has 0 saturated heterocycles. The number of esters is 2. The van der Waals surface area contributed by atoms with E-state index in [0.29, 0.717) is 19.3 Å². The van der Waals surface area contributed by atoms with Crippen molar-refractivity contribution in [2.24, 2.45) is 0 Å². The second-order valence-electron chi connectivity index (χ2n) is 7.52. The number of rotatable bonds is 14. The van der Waals surface area contributed by atoms with Crippen LogP contribution in [0.3, 0.4) is 0 Å². The number of benzene rings is 1. The van der Waals surface area contributed by atoms with Crippen LogP contribution in [0.1, 0.15) is 44.6 Å². The fraction of sp³-hybridized carbons (Fsp3) is 0.407. The van der Waals surface area contributed by atoms with Crippen molar-refractivity contribution in [1.29, 1.82) is 0 Å². The normalized spacial score (nSPS) is 15.1. The van der Waals surface area contributed by atoms with Crippen LogP contribution in [0.2, 0.25) is 0 Å². The summed E-state index contributed by atoms with van der Waals surface area (Å²) in [5.74, 6) is -1.75. The molecule has 0 saturated carbocycles. The molecule has 2 atom stereocenters. The van der Waals surface area contributed by atoms with Gasteiger partial charge in [0.25, 0.3) is 5.60 Å². The largest absolute Gasteiger partial charge is 0.469 e. The van der Waals surface area contributed by atoms with Gasteiger partial charge in [-0.1, -0.05) is 72.9 Å². The zero-order chi connectivity index (χ0) is 26.2. The monoisotopic (exact) mass is 494 g/mol. The molecule has 0 bridgehead atoms. The van der Waals surface area contributed by atoms with Gasteiger partial charge in [-0.15, -0.1) is 0 Å². The maximum atomic E-state index is 13.9. The van der Waals surface area contributed by atoms with Gasteiger partial charge < -0.3 is 14.2 Å². The molecule has 8 heteroatoms. The van der Waals surface area contributed by atoms with Crippen LogP contribution >= 0.6 is 0 Å². The fourth-order valence-electron chi connectivity index (χ4n) is 3.09. The quantitative estimate of drug-likeness (QED) is 0.222. The van der Waals surface area contributed by atoms with Crippen LogP contribution in [0.15, 0.2) is 78.9 Å². The lowest BCUT2D eigenvalue weighted by Crippen LogP contribution is -2.52. The van der Waals surface area contributed by atoms with E-state index < -0.39 is 23.9 Å². The standard InChI is InChI=1S/C27H33F3O5/c1-22(18-14-11-9-7-5-4-6-8-10-12-17-21-24(31)33-2)35-25(32)26(34-3,27(28,29)30)23-19-15-13-16-20-23/h4,6-7,9-10,12-16,18-20,22H,5,8,11,17,21H2,1-3H3/b6-4-,9-7-,12-10-,18-14-/t22-,26-/m0/s1. The molecule has 0 fully saturated rings. The Labute approximate surface area is 204 Å². The van der Waals surface area contributed by atoms with E-state index >= 15 is 0 Å². The number of carbonyl (C=O) groups excluding carboxylic acids is 2.